The van der Waals surface area contributed by atoms with E-state index in [1.165, 1.54) is 38.9 Å². The molecule has 4 aromatic carbocycles. The molecule has 0 N–H and O–H groups in total. The van der Waals surface area contributed by atoms with Crippen molar-refractivity contribution in [1.82, 2.24) is 0 Å². The van der Waals surface area contributed by atoms with Crippen LogP contribution in [-0.2, 0) is 46.7 Å². The Morgan fingerprint density at radius 1 is 0.469 bits per heavy atom. The van der Waals surface area contributed by atoms with Crippen molar-refractivity contribution in [2.24, 2.45) is 10.9 Å². The smallest absolute Gasteiger partial charge is 0.216 e. The van der Waals surface area contributed by atoms with Gasteiger partial charge < -0.3 is 23.7 Å². The van der Waals surface area contributed by atoms with Gasteiger partial charge in [0.1, 0.15) is 29.6 Å². The third-order valence-electron chi connectivity index (χ3n) is 12.6. The van der Waals surface area contributed by atoms with Crippen LogP contribution in [-0.4, -0.2) is 45.0 Å². The first-order chi connectivity index (χ1) is 30.2. The molecular weight excluding hydrogens is 791 g/mol. The van der Waals surface area contributed by atoms with Gasteiger partial charge in [-0.2, -0.15) is 0 Å². The minimum atomic E-state index is -0.108. The van der Waals surface area contributed by atoms with Gasteiger partial charge >= 0.3 is 0 Å². The average molecular weight is 872 g/mol. The molecule has 0 unspecified atom stereocenters. The van der Waals surface area contributed by atoms with E-state index in [0.717, 1.165) is 76.5 Å². The van der Waals surface area contributed by atoms with Crippen LogP contribution in [0.15, 0.2) is 53.5 Å². The predicted octanol–water partition coefficient (Wildman–Crippen LogP) is 14.2. The Labute approximate surface area is 387 Å². The van der Waals surface area contributed by atoms with Crippen molar-refractivity contribution >= 4 is 5.90 Å². The molecule has 6 rings (SSSR count). The summed E-state index contributed by atoms with van der Waals surface area (Å²) in [5.41, 5.74) is 13.8. The number of aliphatic imine (C=N–C) groups is 1. The normalized spacial score (nSPS) is 15.5. The zero-order valence-electron chi connectivity index (χ0n) is 42.5. The van der Waals surface area contributed by atoms with E-state index in [-0.39, 0.29) is 22.3 Å². The Bertz CT molecular complexity index is 2150. The minimum absolute atomic E-state index is 0.0919. The topological polar surface area (TPSA) is 58.5 Å². The van der Waals surface area contributed by atoms with Crippen LogP contribution < -0.4 is 18.9 Å². The summed E-state index contributed by atoms with van der Waals surface area (Å²) >= 11 is 0. The molecular formula is C58H81NO5. The van der Waals surface area contributed by atoms with Crippen LogP contribution >= 0.6 is 0 Å². The molecule has 1 aliphatic heterocycles. The number of hydrogen-bond acceptors (Lipinski definition) is 6. The van der Waals surface area contributed by atoms with Gasteiger partial charge in [0.2, 0.25) is 5.90 Å². The largest absolute Gasteiger partial charge is 0.493 e. The summed E-state index contributed by atoms with van der Waals surface area (Å²) in [4.78, 5) is 5.19. The van der Waals surface area contributed by atoms with Crippen LogP contribution in [0.25, 0.3) is 0 Å². The van der Waals surface area contributed by atoms with Crippen LogP contribution in [0, 0.1) is 5.92 Å². The van der Waals surface area contributed by atoms with E-state index in [0.29, 0.717) is 70.5 Å². The summed E-state index contributed by atoms with van der Waals surface area (Å²) in [6.45, 7) is 37.1. The molecule has 64 heavy (non-hydrogen) atoms. The molecule has 1 atom stereocenters. The summed E-state index contributed by atoms with van der Waals surface area (Å²) in [5.74, 6) is 4.93. The van der Waals surface area contributed by atoms with E-state index < -0.39 is 0 Å². The number of nitrogens with zero attached hydrogens (tertiary/aromatic N) is 1. The van der Waals surface area contributed by atoms with Gasteiger partial charge in [0.25, 0.3) is 0 Å². The van der Waals surface area contributed by atoms with E-state index in [9.17, 15) is 0 Å². The summed E-state index contributed by atoms with van der Waals surface area (Å²) in [5, 5.41) is 0. The second-order valence-electron chi connectivity index (χ2n) is 21.9. The molecule has 0 saturated carbocycles. The first-order valence-corrected chi connectivity index (χ1v) is 24.6. The standard InChI is InChI=1S/C58H81NO5/c1-16-20-60-51-38-24-40-30-47(56(7,8)9)32-42(52(40)61-21-17-2)26-44-34-49(58(13,14)15)35-45(54(44)63-23-19-4)27-43-33-48(57(10,11)12)31-41(53(43)62-22-18-3)25-39(51)29-46(28-38)55-59-50(36-64-55)37(5)6/h28-35,37,50H,16-27,36H2,1-15H3/t50-/m1/s1. The highest BCUT2D eigenvalue weighted by atomic mass is 16.5. The molecule has 8 bridgehead atoms. The molecule has 0 aromatic heterocycles. The van der Waals surface area contributed by atoms with E-state index in [1.807, 2.05) is 0 Å². The number of hydrogen-bond donors (Lipinski definition) is 0. The number of benzene rings is 4. The summed E-state index contributed by atoms with van der Waals surface area (Å²) in [6, 6.07) is 19.1. The lowest BCUT2D eigenvalue weighted by atomic mass is 9.80. The summed E-state index contributed by atoms with van der Waals surface area (Å²) in [7, 11) is 0. The van der Waals surface area contributed by atoms with Crippen LogP contribution in [0.4, 0.5) is 0 Å². The Hall–Kier alpha value is -4.45. The molecule has 0 saturated heterocycles. The molecule has 4 aromatic rings. The van der Waals surface area contributed by atoms with Crippen LogP contribution in [0.2, 0.25) is 0 Å². The van der Waals surface area contributed by atoms with E-state index in [4.69, 9.17) is 28.7 Å². The predicted molar refractivity (Wildman–Crippen MR) is 267 cm³/mol. The number of ether oxygens (including phenoxy) is 5. The van der Waals surface area contributed by atoms with E-state index in [1.54, 1.807) is 0 Å². The van der Waals surface area contributed by atoms with Crippen molar-refractivity contribution in [2.75, 3.05) is 33.0 Å². The van der Waals surface area contributed by atoms with Gasteiger partial charge in [-0.05, 0) is 121 Å². The molecule has 6 nitrogen and oxygen atoms in total. The third-order valence-corrected chi connectivity index (χ3v) is 12.6. The van der Waals surface area contributed by atoms with Crippen LogP contribution in [0.3, 0.4) is 0 Å². The number of rotatable bonds is 14. The van der Waals surface area contributed by atoms with Gasteiger partial charge in [0.05, 0.1) is 32.5 Å². The minimum Gasteiger partial charge on any atom is -0.493 e. The maximum atomic E-state index is 6.97. The zero-order chi connectivity index (χ0) is 46.6. The van der Waals surface area contributed by atoms with Crippen molar-refractivity contribution < 1.29 is 23.7 Å². The maximum absolute atomic E-state index is 6.97. The fourth-order valence-electron chi connectivity index (χ4n) is 8.76. The van der Waals surface area contributed by atoms with Gasteiger partial charge in [-0.15, -0.1) is 0 Å². The first kappa shape index (κ1) is 49.0. The third kappa shape index (κ3) is 11.5. The van der Waals surface area contributed by atoms with Gasteiger partial charge in [-0.1, -0.05) is 140 Å². The molecule has 0 spiro atoms. The van der Waals surface area contributed by atoms with Gasteiger partial charge in [0.15, 0.2) is 0 Å². The van der Waals surface area contributed by atoms with E-state index in [2.05, 4.69) is 152 Å². The summed E-state index contributed by atoms with van der Waals surface area (Å²) < 4.78 is 34.3. The summed E-state index contributed by atoms with van der Waals surface area (Å²) in [6.07, 6.45) is 6.21. The van der Waals surface area contributed by atoms with Gasteiger partial charge in [-0.3, -0.25) is 0 Å². The maximum Gasteiger partial charge on any atom is 0.216 e. The van der Waals surface area contributed by atoms with Crippen molar-refractivity contribution in [2.45, 2.75) is 178 Å². The van der Waals surface area contributed by atoms with Crippen molar-refractivity contribution in [3.63, 3.8) is 0 Å². The molecule has 6 heteroatoms. The molecule has 1 aliphatic carbocycles. The lowest BCUT2D eigenvalue weighted by Gasteiger charge is -2.28. The average Bonchev–Trinajstić information content (AvgIpc) is 3.72. The highest BCUT2D eigenvalue weighted by Gasteiger charge is 2.30. The second-order valence-corrected chi connectivity index (χ2v) is 21.9. The van der Waals surface area contributed by atoms with Crippen molar-refractivity contribution in [3.8, 4) is 23.0 Å². The van der Waals surface area contributed by atoms with E-state index >= 15 is 0 Å². The fourth-order valence-corrected chi connectivity index (χ4v) is 8.76. The molecule has 0 fully saturated rings. The monoisotopic (exact) mass is 872 g/mol. The quantitative estimate of drug-likeness (QED) is 0.111. The molecule has 348 valence electrons. The van der Waals surface area contributed by atoms with Crippen LogP contribution in [0.1, 0.15) is 196 Å². The lowest BCUT2D eigenvalue weighted by molar-refractivity contribution is 0.291. The Morgan fingerprint density at radius 3 is 0.953 bits per heavy atom. The molecule has 0 amide bonds. The highest BCUT2D eigenvalue weighted by Crippen LogP contribution is 2.44. The second kappa shape index (κ2) is 20.4. The SMILES string of the molecule is CCCOc1c2cc(C3=N[C@@H](C(C)C)CO3)cc1Cc1cc(C(C)(C)C)cc(c1OCCC)Cc1cc(C(C)(C)C)cc(c1OCCC)Cc1cc(C(C)(C)C)cc(c1OCCC)C2. The zero-order valence-corrected chi connectivity index (χ0v) is 42.5. The van der Waals surface area contributed by atoms with Crippen molar-refractivity contribution in [3.05, 3.63) is 115 Å². The van der Waals surface area contributed by atoms with Gasteiger partial charge in [0, 0.05) is 31.2 Å². The first-order valence-electron chi connectivity index (χ1n) is 24.6. The Kier molecular flexibility index (Phi) is 15.6. The molecule has 0 radical (unpaired) electrons. The van der Waals surface area contributed by atoms with Crippen LogP contribution in [0.5, 0.6) is 23.0 Å². The fraction of sp³-hybridized carbons (Fsp3) is 0.569. The highest BCUT2D eigenvalue weighted by molar-refractivity contribution is 5.96. The molecule has 2 aliphatic rings. The number of fused-ring (bicyclic) bond motifs is 8. The lowest BCUT2D eigenvalue weighted by Crippen LogP contribution is -2.17. The molecule has 1 heterocycles. The Balaban J connectivity index is 1.79. The Morgan fingerprint density at radius 2 is 0.734 bits per heavy atom. The van der Waals surface area contributed by atoms with Crippen molar-refractivity contribution in [1.29, 1.82) is 0 Å². The van der Waals surface area contributed by atoms with Gasteiger partial charge in [-0.25, -0.2) is 4.99 Å².